The number of aromatic nitrogens is 1. The smallest absolute Gasteiger partial charge is 0.271 e. The number of benzene rings is 2. The van der Waals surface area contributed by atoms with E-state index in [1.807, 2.05) is 67.3 Å². The van der Waals surface area contributed by atoms with Crippen molar-refractivity contribution in [3.8, 4) is 11.1 Å². The molecule has 5 heteroatoms. The summed E-state index contributed by atoms with van der Waals surface area (Å²) in [6, 6.07) is 15.6. The Morgan fingerprint density at radius 1 is 1.19 bits per heavy atom. The molecule has 26 heavy (non-hydrogen) atoms. The maximum atomic E-state index is 13.3. The van der Waals surface area contributed by atoms with Gasteiger partial charge in [-0.15, -0.1) is 0 Å². The van der Waals surface area contributed by atoms with E-state index in [-0.39, 0.29) is 11.5 Å². The largest absolute Gasteiger partial charge is 0.372 e. The highest BCUT2D eigenvalue weighted by Crippen LogP contribution is 2.35. The number of nitrogens with zero attached hydrogens (tertiary/aromatic N) is 1. The van der Waals surface area contributed by atoms with Gasteiger partial charge in [-0.2, -0.15) is 0 Å². The Kier molecular flexibility index (Phi) is 4.25. The van der Waals surface area contributed by atoms with Crippen LogP contribution < -0.4 is 0 Å². The molecule has 1 fully saturated rings. The molecule has 0 bridgehead atoms. The van der Waals surface area contributed by atoms with Crippen molar-refractivity contribution in [3.63, 3.8) is 0 Å². The summed E-state index contributed by atoms with van der Waals surface area (Å²) in [5.74, 6) is -0.00690. The van der Waals surface area contributed by atoms with Gasteiger partial charge in [-0.05, 0) is 37.6 Å². The number of carbonyl (C=O) groups is 1. The molecule has 3 aromatic rings. The molecule has 1 saturated heterocycles. The van der Waals surface area contributed by atoms with E-state index in [0.29, 0.717) is 30.4 Å². The zero-order valence-electron chi connectivity index (χ0n) is 14.9. The predicted octanol–water partition coefficient (Wildman–Crippen LogP) is 4.74. The lowest BCUT2D eigenvalue weighted by molar-refractivity contribution is -0.0764. The highest BCUT2D eigenvalue weighted by atomic mass is 35.5. The number of nitrogens with one attached hydrogen (secondary N) is 1. The van der Waals surface area contributed by atoms with E-state index in [1.165, 1.54) is 0 Å². The van der Waals surface area contributed by atoms with E-state index in [9.17, 15) is 4.79 Å². The second kappa shape index (κ2) is 6.45. The zero-order chi connectivity index (χ0) is 18.3. The molecule has 0 saturated carbocycles. The van der Waals surface area contributed by atoms with Crippen molar-refractivity contribution in [1.29, 1.82) is 0 Å². The van der Waals surface area contributed by atoms with Crippen LogP contribution in [0.5, 0.6) is 0 Å². The minimum atomic E-state index is -0.337. The van der Waals surface area contributed by atoms with E-state index >= 15 is 0 Å². The monoisotopic (exact) mass is 368 g/mol. The van der Waals surface area contributed by atoms with E-state index in [2.05, 4.69) is 4.98 Å². The summed E-state index contributed by atoms with van der Waals surface area (Å²) in [5, 5.41) is 1.61. The van der Waals surface area contributed by atoms with Crippen molar-refractivity contribution >= 4 is 28.4 Å². The Labute approximate surface area is 157 Å². The molecular weight excluding hydrogens is 348 g/mol. The van der Waals surface area contributed by atoms with Gasteiger partial charge in [-0.3, -0.25) is 4.79 Å². The molecule has 1 aliphatic heterocycles. The van der Waals surface area contributed by atoms with Crippen molar-refractivity contribution < 1.29 is 9.53 Å². The summed E-state index contributed by atoms with van der Waals surface area (Å²) in [7, 11) is 0. The lowest BCUT2D eigenvalue weighted by Crippen LogP contribution is -2.50. The van der Waals surface area contributed by atoms with Crippen molar-refractivity contribution in [2.75, 3.05) is 19.7 Å². The van der Waals surface area contributed by atoms with E-state index in [0.717, 1.165) is 22.0 Å². The average Bonchev–Trinajstić information content (AvgIpc) is 2.99. The molecular formula is C21H21ClN2O2. The number of amides is 1. The fourth-order valence-corrected chi connectivity index (χ4v) is 3.75. The van der Waals surface area contributed by atoms with Crippen LogP contribution in [0.1, 0.15) is 24.3 Å². The number of halogens is 1. The van der Waals surface area contributed by atoms with Crippen LogP contribution in [0.2, 0.25) is 5.02 Å². The highest BCUT2D eigenvalue weighted by Gasteiger charge is 2.32. The highest BCUT2D eigenvalue weighted by molar-refractivity contribution is 6.31. The number of aromatic amines is 1. The third-order valence-electron chi connectivity index (χ3n) is 4.75. The van der Waals surface area contributed by atoms with E-state index < -0.39 is 0 Å². The summed E-state index contributed by atoms with van der Waals surface area (Å²) in [6.07, 6.45) is 0. The average molecular weight is 369 g/mol. The summed E-state index contributed by atoms with van der Waals surface area (Å²) < 4.78 is 5.75. The van der Waals surface area contributed by atoms with Crippen molar-refractivity contribution in [1.82, 2.24) is 9.88 Å². The summed E-state index contributed by atoms with van der Waals surface area (Å²) in [4.78, 5) is 18.5. The van der Waals surface area contributed by atoms with E-state index in [4.69, 9.17) is 16.3 Å². The van der Waals surface area contributed by atoms with Crippen LogP contribution in [-0.4, -0.2) is 41.1 Å². The number of morpholine rings is 1. The summed E-state index contributed by atoms with van der Waals surface area (Å²) in [6.45, 7) is 5.72. The maximum Gasteiger partial charge on any atom is 0.271 e. The van der Waals surface area contributed by atoms with Gasteiger partial charge in [-0.25, -0.2) is 0 Å². The van der Waals surface area contributed by atoms with Crippen LogP contribution in [0, 0.1) is 0 Å². The van der Waals surface area contributed by atoms with Crippen LogP contribution >= 0.6 is 11.6 Å². The first-order valence-electron chi connectivity index (χ1n) is 8.74. The molecule has 4 nitrogen and oxygen atoms in total. The van der Waals surface area contributed by atoms with Gasteiger partial charge in [-0.1, -0.05) is 41.9 Å². The minimum Gasteiger partial charge on any atom is -0.372 e. The number of hydrogen-bond acceptors (Lipinski definition) is 2. The lowest BCUT2D eigenvalue weighted by Gasteiger charge is -2.38. The fraction of sp³-hybridized carbons (Fsp3) is 0.286. The first kappa shape index (κ1) is 17.1. The normalized spacial score (nSPS) is 16.8. The number of H-pyrrole nitrogens is 1. The molecule has 0 radical (unpaired) electrons. The van der Waals surface area contributed by atoms with Crippen molar-refractivity contribution in [2.45, 2.75) is 19.4 Å². The molecule has 134 valence electrons. The Hall–Kier alpha value is -2.30. The van der Waals surface area contributed by atoms with Gasteiger partial charge < -0.3 is 14.6 Å². The fourth-order valence-electron chi connectivity index (χ4n) is 3.58. The predicted molar refractivity (Wildman–Crippen MR) is 105 cm³/mol. The third kappa shape index (κ3) is 3.11. The van der Waals surface area contributed by atoms with Crippen molar-refractivity contribution in [3.05, 3.63) is 59.2 Å². The minimum absolute atomic E-state index is 0.00690. The van der Waals surface area contributed by atoms with Crippen LogP contribution in [0.4, 0.5) is 0 Å². The van der Waals surface area contributed by atoms with Gasteiger partial charge in [0.05, 0.1) is 12.2 Å². The standard InChI is InChI=1S/C21H21ClN2O2/c1-21(2)13-24(10-11-26-21)20(25)19-18(14-6-4-3-5-7-14)16-12-15(22)8-9-17(16)23-19/h3-9,12,23H,10-11,13H2,1-2H3. The zero-order valence-corrected chi connectivity index (χ0v) is 15.6. The first-order chi connectivity index (χ1) is 12.4. The molecule has 0 atom stereocenters. The molecule has 1 amide bonds. The summed E-state index contributed by atoms with van der Waals surface area (Å²) >= 11 is 6.23. The van der Waals surface area contributed by atoms with Crippen LogP contribution in [0.3, 0.4) is 0 Å². The third-order valence-corrected chi connectivity index (χ3v) is 4.98. The van der Waals surface area contributed by atoms with Crippen LogP contribution in [0.15, 0.2) is 48.5 Å². The van der Waals surface area contributed by atoms with Gasteiger partial charge in [0.1, 0.15) is 5.69 Å². The Morgan fingerprint density at radius 3 is 2.69 bits per heavy atom. The van der Waals surface area contributed by atoms with Gasteiger partial charge >= 0.3 is 0 Å². The molecule has 1 aliphatic rings. The molecule has 0 spiro atoms. The molecule has 2 heterocycles. The van der Waals surface area contributed by atoms with Crippen molar-refractivity contribution in [2.24, 2.45) is 0 Å². The maximum absolute atomic E-state index is 13.3. The van der Waals surface area contributed by atoms with Gasteiger partial charge in [0.25, 0.3) is 5.91 Å². The number of carbonyl (C=O) groups excluding carboxylic acids is 1. The number of ether oxygens (including phenoxy) is 1. The van der Waals surface area contributed by atoms with Crippen LogP contribution in [-0.2, 0) is 4.74 Å². The molecule has 0 aliphatic carbocycles. The molecule has 1 N–H and O–H groups in total. The molecule has 2 aromatic carbocycles. The SMILES string of the molecule is CC1(C)CN(C(=O)c2[nH]c3ccc(Cl)cc3c2-c2ccccc2)CCO1. The molecule has 1 aromatic heterocycles. The molecule has 0 unspecified atom stereocenters. The van der Waals surface area contributed by atoms with Gasteiger partial charge in [0.2, 0.25) is 0 Å². The second-order valence-electron chi connectivity index (χ2n) is 7.27. The lowest BCUT2D eigenvalue weighted by atomic mass is 10.0. The number of rotatable bonds is 2. The number of fused-ring (bicyclic) bond motifs is 1. The Balaban J connectivity index is 1.85. The first-order valence-corrected chi connectivity index (χ1v) is 9.12. The van der Waals surface area contributed by atoms with Gasteiger partial charge in [0.15, 0.2) is 0 Å². The topological polar surface area (TPSA) is 45.3 Å². The Bertz CT molecular complexity index is 963. The second-order valence-corrected chi connectivity index (χ2v) is 7.70. The quantitative estimate of drug-likeness (QED) is 0.710. The van der Waals surface area contributed by atoms with Gasteiger partial charge in [0, 0.05) is 34.6 Å². The van der Waals surface area contributed by atoms with E-state index in [1.54, 1.807) is 0 Å². The number of hydrogen-bond donors (Lipinski definition) is 1. The molecule has 4 rings (SSSR count). The summed E-state index contributed by atoms with van der Waals surface area (Å²) in [5.41, 5.74) is 3.07. The van der Waals surface area contributed by atoms with Crippen LogP contribution in [0.25, 0.3) is 22.0 Å². The Morgan fingerprint density at radius 2 is 1.96 bits per heavy atom.